The van der Waals surface area contributed by atoms with Crippen LogP contribution in [-0.2, 0) is 11.8 Å². The summed E-state index contributed by atoms with van der Waals surface area (Å²) in [7, 11) is 0. The molecule has 0 aliphatic carbocycles. The summed E-state index contributed by atoms with van der Waals surface area (Å²) in [4.78, 5) is 0. The largest absolute Gasteiger partial charge is 0.330 e. The molecule has 0 aliphatic rings. The van der Waals surface area contributed by atoms with Crippen LogP contribution in [0.4, 0.5) is 0 Å². The van der Waals surface area contributed by atoms with Crippen LogP contribution >= 0.6 is 11.6 Å². The van der Waals surface area contributed by atoms with Gasteiger partial charge in [0.15, 0.2) is 0 Å². The van der Waals surface area contributed by atoms with Gasteiger partial charge in [0.25, 0.3) is 0 Å². The van der Waals surface area contributed by atoms with Crippen molar-refractivity contribution in [1.29, 1.82) is 5.26 Å². The summed E-state index contributed by atoms with van der Waals surface area (Å²) in [5.41, 5.74) is 8.33. The molecule has 0 radical (unpaired) electrons. The lowest BCUT2D eigenvalue weighted by atomic mass is 9.84. The van der Waals surface area contributed by atoms with Gasteiger partial charge in [0.1, 0.15) is 6.07 Å². The van der Waals surface area contributed by atoms with Crippen molar-refractivity contribution >= 4 is 11.6 Å². The number of benzene rings is 1. The third-order valence-corrected chi connectivity index (χ3v) is 3.48. The fraction of sp³-hybridized carbons (Fsp3) is 0.533. The molecular formula is C15H21ClN2. The summed E-state index contributed by atoms with van der Waals surface area (Å²) in [6, 6.07) is 6.20. The first-order valence-corrected chi connectivity index (χ1v) is 6.71. The summed E-state index contributed by atoms with van der Waals surface area (Å²) < 4.78 is 0. The lowest BCUT2D eigenvalue weighted by Crippen LogP contribution is -2.12. The van der Waals surface area contributed by atoms with Crippen LogP contribution in [0.2, 0.25) is 5.02 Å². The number of halogens is 1. The Labute approximate surface area is 115 Å². The highest BCUT2D eigenvalue weighted by Crippen LogP contribution is 2.30. The van der Waals surface area contributed by atoms with E-state index in [1.165, 1.54) is 0 Å². The molecule has 1 aromatic carbocycles. The predicted octanol–water partition coefficient (Wildman–Crippen LogP) is 3.79. The molecule has 0 heterocycles. The molecule has 3 heteroatoms. The third kappa shape index (κ3) is 3.73. The fourth-order valence-corrected chi connectivity index (χ4v) is 2.09. The van der Waals surface area contributed by atoms with E-state index in [1.807, 2.05) is 6.07 Å². The van der Waals surface area contributed by atoms with Gasteiger partial charge in [-0.2, -0.15) is 5.26 Å². The molecule has 0 spiro atoms. The average molecular weight is 265 g/mol. The topological polar surface area (TPSA) is 49.8 Å². The maximum absolute atomic E-state index is 9.15. The Bertz CT molecular complexity index is 453. The molecule has 0 unspecified atom stereocenters. The Morgan fingerprint density at radius 1 is 1.28 bits per heavy atom. The Balaban J connectivity index is 3.12. The molecule has 0 amide bonds. The van der Waals surface area contributed by atoms with E-state index in [0.29, 0.717) is 17.1 Å². The number of hydrogen-bond acceptors (Lipinski definition) is 2. The van der Waals surface area contributed by atoms with Crippen LogP contribution in [-0.4, -0.2) is 6.54 Å². The minimum atomic E-state index is 0.0266. The molecule has 0 aromatic heterocycles. The molecule has 1 aromatic rings. The van der Waals surface area contributed by atoms with Crippen molar-refractivity contribution < 1.29 is 0 Å². The Hall–Kier alpha value is -1.04. The van der Waals surface area contributed by atoms with Gasteiger partial charge in [0.2, 0.25) is 0 Å². The van der Waals surface area contributed by atoms with Gasteiger partial charge in [-0.3, -0.25) is 0 Å². The van der Waals surface area contributed by atoms with E-state index in [0.717, 1.165) is 30.4 Å². The molecular weight excluding hydrogens is 244 g/mol. The van der Waals surface area contributed by atoms with Crippen molar-refractivity contribution in [2.75, 3.05) is 6.54 Å². The summed E-state index contributed by atoms with van der Waals surface area (Å²) in [6.45, 7) is 7.12. The Morgan fingerprint density at radius 3 is 2.44 bits per heavy atom. The zero-order valence-corrected chi connectivity index (χ0v) is 12.1. The summed E-state index contributed by atoms with van der Waals surface area (Å²) in [6.07, 6.45) is 2.88. The first kappa shape index (κ1) is 15.0. The number of nitrogens with two attached hydrogens (primary N) is 1. The number of hydrogen-bond donors (Lipinski definition) is 1. The second-order valence-electron chi connectivity index (χ2n) is 5.60. The second-order valence-corrected chi connectivity index (χ2v) is 5.98. The van der Waals surface area contributed by atoms with Crippen molar-refractivity contribution in [1.82, 2.24) is 0 Å². The number of nitrogens with zero attached hydrogens (tertiary/aromatic N) is 1. The number of nitriles is 1. The minimum absolute atomic E-state index is 0.0266. The fourth-order valence-electron chi connectivity index (χ4n) is 1.84. The predicted molar refractivity (Wildman–Crippen MR) is 76.9 cm³/mol. The van der Waals surface area contributed by atoms with Crippen LogP contribution in [0.3, 0.4) is 0 Å². The van der Waals surface area contributed by atoms with Crippen molar-refractivity contribution in [3.63, 3.8) is 0 Å². The first-order valence-electron chi connectivity index (χ1n) is 6.33. The molecule has 1 rings (SSSR count). The van der Waals surface area contributed by atoms with Crippen LogP contribution in [0.15, 0.2) is 12.1 Å². The normalized spacial score (nSPS) is 11.3. The van der Waals surface area contributed by atoms with Crippen LogP contribution in [0, 0.1) is 11.3 Å². The molecule has 98 valence electrons. The van der Waals surface area contributed by atoms with E-state index in [1.54, 1.807) is 0 Å². The second kappa shape index (κ2) is 6.22. The monoisotopic (exact) mass is 264 g/mol. The smallest absolute Gasteiger partial charge is 0.101 e. The minimum Gasteiger partial charge on any atom is -0.330 e. The van der Waals surface area contributed by atoms with Gasteiger partial charge < -0.3 is 5.73 Å². The average Bonchev–Trinajstić information content (AvgIpc) is 2.30. The summed E-state index contributed by atoms with van der Waals surface area (Å²) in [5, 5.41) is 9.75. The van der Waals surface area contributed by atoms with Crippen LogP contribution in [0.25, 0.3) is 0 Å². The molecule has 0 atom stereocenters. The molecule has 18 heavy (non-hydrogen) atoms. The SMILES string of the molecule is CC(C)(C)c1cc(C#N)c(Cl)c(CCCCN)c1. The van der Waals surface area contributed by atoms with Gasteiger partial charge in [-0.1, -0.05) is 38.4 Å². The van der Waals surface area contributed by atoms with Crippen LogP contribution in [0.5, 0.6) is 0 Å². The molecule has 0 fully saturated rings. The molecule has 2 N–H and O–H groups in total. The van der Waals surface area contributed by atoms with E-state index >= 15 is 0 Å². The lowest BCUT2D eigenvalue weighted by Gasteiger charge is -2.21. The molecule has 0 saturated heterocycles. The van der Waals surface area contributed by atoms with Gasteiger partial charge in [0.05, 0.1) is 10.6 Å². The number of aryl methyl sites for hydroxylation is 1. The molecule has 0 aliphatic heterocycles. The number of unbranched alkanes of at least 4 members (excludes halogenated alkanes) is 1. The maximum atomic E-state index is 9.15. The maximum Gasteiger partial charge on any atom is 0.101 e. The molecule has 0 bridgehead atoms. The van der Waals surface area contributed by atoms with Crippen molar-refractivity contribution in [2.24, 2.45) is 5.73 Å². The van der Waals surface area contributed by atoms with Crippen molar-refractivity contribution in [3.8, 4) is 6.07 Å². The standard InChI is InChI=1S/C15H21ClN2/c1-15(2,3)13-8-11(6-4-5-7-17)14(16)12(9-13)10-18/h8-9H,4-7,17H2,1-3H3. The van der Waals surface area contributed by atoms with Crippen molar-refractivity contribution in [2.45, 2.75) is 45.4 Å². The van der Waals surface area contributed by atoms with Gasteiger partial charge in [-0.15, -0.1) is 0 Å². The Morgan fingerprint density at radius 2 is 1.94 bits per heavy atom. The lowest BCUT2D eigenvalue weighted by molar-refractivity contribution is 0.588. The summed E-state index contributed by atoms with van der Waals surface area (Å²) >= 11 is 6.26. The molecule has 0 saturated carbocycles. The first-order chi connectivity index (χ1) is 8.40. The highest BCUT2D eigenvalue weighted by Gasteiger charge is 2.17. The molecule has 2 nitrogen and oxygen atoms in total. The Kier molecular flexibility index (Phi) is 5.19. The van der Waals surface area contributed by atoms with Crippen LogP contribution in [0.1, 0.15) is 50.3 Å². The highest BCUT2D eigenvalue weighted by molar-refractivity contribution is 6.32. The highest BCUT2D eigenvalue weighted by atomic mass is 35.5. The van der Waals surface area contributed by atoms with Crippen LogP contribution < -0.4 is 5.73 Å². The quantitative estimate of drug-likeness (QED) is 0.841. The van der Waals surface area contributed by atoms with Gasteiger partial charge in [-0.05, 0) is 48.4 Å². The van der Waals surface area contributed by atoms with E-state index in [2.05, 4.69) is 32.9 Å². The van der Waals surface area contributed by atoms with Gasteiger partial charge >= 0.3 is 0 Å². The van der Waals surface area contributed by atoms with E-state index in [4.69, 9.17) is 22.6 Å². The van der Waals surface area contributed by atoms with E-state index in [9.17, 15) is 0 Å². The zero-order chi connectivity index (χ0) is 13.8. The van der Waals surface area contributed by atoms with Gasteiger partial charge in [0, 0.05) is 0 Å². The zero-order valence-electron chi connectivity index (χ0n) is 11.4. The van der Waals surface area contributed by atoms with E-state index < -0.39 is 0 Å². The van der Waals surface area contributed by atoms with E-state index in [-0.39, 0.29) is 5.41 Å². The summed E-state index contributed by atoms with van der Waals surface area (Å²) in [5.74, 6) is 0. The number of rotatable bonds is 4. The van der Waals surface area contributed by atoms with Crippen molar-refractivity contribution in [3.05, 3.63) is 33.8 Å². The third-order valence-electron chi connectivity index (χ3n) is 3.03. The van der Waals surface area contributed by atoms with Gasteiger partial charge in [-0.25, -0.2) is 0 Å².